The van der Waals surface area contributed by atoms with Gasteiger partial charge in [0.2, 0.25) is 0 Å². The van der Waals surface area contributed by atoms with Gasteiger partial charge >= 0.3 is 0 Å². The van der Waals surface area contributed by atoms with Crippen LogP contribution in [0.5, 0.6) is 11.5 Å². The van der Waals surface area contributed by atoms with E-state index in [1.165, 1.54) is 56.7 Å². The van der Waals surface area contributed by atoms with Crippen LogP contribution in [0.25, 0.3) is 0 Å². The van der Waals surface area contributed by atoms with Crippen molar-refractivity contribution in [1.82, 2.24) is 0 Å². The van der Waals surface area contributed by atoms with Crippen LogP contribution in [0.3, 0.4) is 0 Å². The molecule has 4 nitrogen and oxygen atoms in total. The average Bonchev–Trinajstić information content (AvgIpc) is 3.43. The zero-order chi connectivity index (χ0) is 21.0. The maximum absolute atomic E-state index is 6.12. The van der Waals surface area contributed by atoms with Crippen LogP contribution in [0.2, 0.25) is 0 Å². The van der Waals surface area contributed by atoms with E-state index in [4.69, 9.17) is 9.47 Å². The molecule has 2 aliphatic carbocycles. The predicted molar refractivity (Wildman–Crippen MR) is 123 cm³/mol. The van der Waals surface area contributed by atoms with Gasteiger partial charge in [-0.15, -0.1) is 0 Å². The Labute approximate surface area is 186 Å². The maximum atomic E-state index is 6.12. The summed E-state index contributed by atoms with van der Waals surface area (Å²) in [5.41, 5.74) is 2.51. The Kier molecular flexibility index (Phi) is 6.28. The molecule has 1 aliphatic heterocycles. The van der Waals surface area contributed by atoms with Crippen LogP contribution in [-0.2, 0) is 13.2 Å². The molecular weight excluding hydrogens is 384 g/mol. The summed E-state index contributed by atoms with van der Waals surface area (Å²) in [5, 5.41) is 0. The van der Waals surface area contributed by atoms with Gasteiger partial charge in [0.05, 0.1) is 13.7 Å². The van der Waals surface area contributed by atoms with Crippen molar-refractivity contribution in [3.63, 3.8) is 0 Å². The smallest absolute Gasteiger partial charge is 0.162 e. The average molecular weight is 421 g/mol. The first-order valence-corrected chi connectivity index (χ1v) is 12.0. The lowest BCUT2D eigenvalue weighted by Crippen LogP contribution is -3.27. The highest BCUT2D eigenvalue weighted by molar-refractivity contribution is 5.43. The van der Waals surface area contributed by atoms with Crippen molar-refractivity contribution >= 4 is 0 Å². The van der Waals surface area contributed by atoms with Crippen LogP contribution in [-0.4, -0.2) is 39.8 Å². The molecule has 31 heavy (non-hydrogen) atoms. The molecular formula is C27H36N2O2+2. The van der Waals surface area contributed by atoms with E-state index < -0.39 is 0 Å². The molecule has 0 radical (unpaired) electrons. The fourth-order valence-electron chi connectivity index (χ4n) is 5.81. The number of hydrogen-bond acceptors (Lipinski definition) is 2. The molecule has 1 heterocycles. The van der Waals surface area contributed by atoms with E-state index in [-0.39, 0.29) is 0 Å². The normalized spacial score (nSPS) is 29.3. The summed E-state index contributed by atoms with van der Waals surface area (Å²) >= 11 is 0. The zero-order valence-electron chi connectivity index (χ0n) is 18.7. The lowest BCUT2D eigenvalue weighted by molar-refractivity contribution is -1.02. The molecule has 3 aliphatic rings. The largest absolute Gasteiger partial charge is 0.493 e. The number of piperazine rings is 1. The number of allylic oxidation sites excluding steroid dienone is 2. The fraction of sp³-hybridized carbons (Fsp3) is 0.481. The lowest BCUT2D eigenvalue weighted by Gasteiger charge is -2.32. The summed E-state index contributed by atoms with van der Waals surface area (Å²) in [7, 11) is 1.71. The van der Waals surface area contributed by atoms with Crippen LogP contribution in [0.15, 0.2) is 60.7 Å². The highest BCUT2D eigenvalue weighted by atomic mass is 16.5. The SMILES string of the molecule is COc1ccc(C[NH+]2CC[NH+](C[C@@H]3C[C@H]4C=C[C@H]3C4)CC2)cc1OCc1ccccc1. The summed E-state index contributed by atoms with van der Waals surface area (Å²) in [4.78, 5) is 3.52. The molecule has 0 unspecified atom stereocenters. The molecule has 2 aromatic rings. The zero-order valence-corrected chi connectivity index (χ0v) is 18.7. The maximum Gasteiger partial charge on any atom is 0.162 e. The van der Waals surface area contributed by atoms with Gasteiger partial charge in [0, 0.05) is 11.5 Å². The van der Waals surface area contributed by atoms with E-state index in [0.29, 0.717) is 6.61 Å². The number of nitrogens with one attached hydrogen (secondary N) is 2. The summed E-state index contributed by atoms with van der Waals surface area (Å²) in [6.45, 7) is 8.15. The van der Waals surface area contributed by atoms with E-state index in [1.54, 1.807) is 12.0 Å². The first-order valence-electron chi connectivity index (χ1n) is 12.0. The van der Waals surface area contributed by atoms with Gasteiger partial charge in [-0.3, -0.25) is 0 Å². The second-order valence-corrected chi connectivity index (χ2v) is 9.68. The molecule has 0 aromatic heterocycles. The predicted octanol–water partition coefficient (Wildman–Crippen LogP) is 1.77. The van der Waals surface area contributed by atoms with Gasteiger partial charge < -0.3 is 19.3 Å². The third kappa shape index (κ3) is 4.97. The molecule has 3 atom stereocenters. The fourth-order valence-corrected chi connectivity index (χ4v) is 5.81. The van der Waals surface area contributed by atoms with Gasteiger partial charge in [-0.2, -0.15) is 0 Å². The van der Waals surface area contributed by atoms with Crippen LogP contribution in [0.4, 0.5) is 0 Å². The minimum absolute atomic E-state index is 0.563. The first kappa shape index (κ1) is 20.6. The van der Waals surface area contributed by atoms with Crippen LogP contribution in [0, 0.1) is 17.8 Å². The Morgan fingerprint density at radius 3 is 2.35 bits per heavy atom. The van der Waals surface area contributed by atoms with Gasteiger partial charge in [0.15, 0.2) is 11.5 Å². The molecule has 0 spiro atoms. The highest BCUT2D eigenvalue weighted by Gasteiger charge is 2.38. The standard InChI is InChI=1S/C27H34N2O2/c1-30-26-10-8-23(17-27(26)31-20-21-5-3-2-4-6-21)18-28-11-13-29(14-12-28)19-25-16-22-7-9-24(25)15-22/h2-10,17,22,24-25H,11-16,18-20H2,1H3/p+2/t22-,24-,25-/m0/s1. The third-order valence-corrected chi connectivity index (χ3v) is 7.55. The van der Waals surface area contributed by atoms with E-state index in [2.05, 4.69) is 42.5 Å². The Balaban J connectivity index is 1.13. The van der Waals surface area contributed by atoms with Crippen molar-refractivity contribution < 1.29 is 19.3 Å². The third-order valence-electron chi connectivity index (χ3n) is 7.55. The number of benzene rings is 2. The number of fused-ring (bicyclic) bond motifs is 2. The second kappa shape index (κ2) is 9.46. The molecule has 2 bridgehead atoms. The van der Waals surface area contributed by atoms with Gasteiger partial charge in [-0.1, -0.05) is 42.5 Å². The Bertz CT molecular complexity index is 889. The van der Waals surface area contributed by atoms with E-state index >= 15 is 0 Å². The number of methoxy groups -OCH3 is 1. The van der Waals surface area contributed by atoms with Crippen LogP contribution >= 0.6 is 0 Å². The van der Waals surface area contributed by atoms with Crippen molar-refractivity contribution in [3.8, 4) is 11.5 Å². The topological polar surface area (TPSA) is 27.3 Å². The first-order chi connectivity index (χ1) is 15.3. The highest BCUT2D eigenvalue weighted by Crippen LogP contribution is 2.42. The van der Waals surface area contributed by atoms with Crippen molar-refractivity contribution in [2.75, 3.05) is 39.8 Å². The molecule has 2 fully saturated rings. The van der Waals surface area contributed by atoms with Crippen LogP contribution < -0.4 is 19.3 Å². The summed E-state index contributed by atoms with van der Waals surface area (Å²) in [5.74, 6) is 4.38. The minimum atomic E-state index is 0.563. The molecule has 2 aromatic carbocycles. The number of hydrogen-bond donors (Lipinski definition) is 2. The molecule has 1 saturated carbocycles. The summed E-state index contributed by atoms with van der Waals surface area (Å²) in [6.07, 6.45) is 7.84. The number of ether oxygens (including phenoxy) is 2. The molecule has 164 valence electrons. The van der Waals surface area contributed by atoms with Gasteiger partial charge in [0.25, 0.3) is 0 Å². The molecule has 4 heteroatoms. The molecule has 2 N–H and O–H groups in total. The van der Waals surface area contributed by atoms with E-state index in [0.717, 1.165) is 35.8 Å². The van der Waals surface area contributed by atoms with Crippen molar-refractivity contribution in [3.05, 3.63) is 71.8 Å². The Morgan fingerprint density at radius 1 is 0.839 bits per heavy atom. The minimum Gasteiger partial charge on any atom is -0.493 e. The second-order valence-electron chi connectivity index (χ2n) is 9.68. The van der Waals surface area contributed by atoms with Gasteiger partial charge in [-0.05, 0) is 48.4 Å². The Hall–Kier alpha value is -2.30. The lowest BCUT2D eigenvalue weighted by atomic mass is 9.93. The number of quaternary nitrogens is 2. The van der Waals surface area contributed by atoms with Crippen molar-refractivity contribution in [1.29, 1.82) is 0 Å². The number of rotatable bonds is 8. The molecule has 5 rings (SSSR count). The monoisotopic (exact) mass is 420 g/mol. The quantitative estimate of drug-likeness (QED) is 0.637. The van der Waals surface area contributed by atoms with E-state index in [1.807, 2.05) is 23.1 Å². The van der Waals surface area contributed by atoms with Crippen molar-refractivity contribution in [2.45, 2.75) is 26.0 Å². The van der Waals surface area contributed by atoms with Gasteiger partial charge in [-0.25, -0.2) is 0 Å². The van der Waals surface area contributed by atoms with Crippen LogP contribution in [0.1, 0.15) is 24.0 Å². The summed E-state index contributed by atoms with van der Waals surface area (Å²) < 4.78 is 11.7. The molecule has 1 saturated heterocycles. The van der Waals surface area contributed by atoms with E-state index in [9.17, 15) is 0 Å². The summed E-state index contributed by atoms with van der Waals surface area (Å²) in [6, 6.07) is 16.7. The van der Waals surface area contributed by atoms with Gasteiger partial charge in [0.1, 0.15) is 39.3 Å². The molecule has 0 amide bonds. The van der Waals surface area contributed by atoms with Crippen molar-refractivity contribution in [2.24, 2.45) is 17.8 Å². The Morgan fingerprint density at radius 2 is 1.65 bits per heavy atom.